The smallest absolute Gasteiger partial charge is 0.338 e. The molecule has 190 valence electrons. The fraction of sp³-hybridized carbons (Fsp3) is 0.133. The molecule has 6 nitrogen and oxygen atoms in total. The highest BCUT2D eigenvalue weighted by molar-refractivity contribution is 5.91. The molecular formula is C30H27FO6. The minimum atomic E-state index is -1.17. The largest absolute Gasteiger partial charge is 0.461 e. The molecule has 0 heterocycles. The summed E-state index contributed by atoms with van der Waals surface area (Å²) in [5.74, 6) is -1.54. The third-order valence-corrected chi connectivity index (χ3v) is 5.16. The Bertz CT molecular complexity index is 1400. The van der Waals surface area contributed by atoms with E-state index in [4.69, 9.17) is 14.2 Å². The molecule has 3 aromatic carbocycles. The number of benzene rings is 3. The third kappa shape index (κ3) is 6.80. The summed E-state index contributed by atoms with van der Waals surface area (Å²) in [6.45, 7) is 15.4. The van der Waals surface area contributed by atoms with E-state index in [0.29, 0.717) is 33.6 Å². The summed E-state index contributed by atoms with van der Waals surface area (Å²) in [6, 6.07) is 15.9. The van der Waals surface area contributed by atoms with E-state index in [2.05, 4.69) is 19.7 Å². The molecule has 0 spiro atoms. The van der Waals surface area contributed by atoms with E-state index in [1.165, 1.54) is 32.0 Å². The summed E-state index contributed by atoms with van der Waals surface area (Å²) in [5.41, 5.74) is 2.65. The van der Waals surface area contributed by atoms with Crippen LogP contribution in [0.15, 0.2) is 97.1 Å². The van der Waals surface area contributed by atoms with Gasteiger partial charge in [-0.05, 0) is 73.4 Å². The zero-order valence-corrected chi connectivity index (χ0v) is 20.8. The molecule has 37 heavy (non-hydrogen) atoms. The summed E-state index contributed by atoms with van der Waals surface area (Å²) in [6.07, 6.45) is -1.17. The van der Waals surface area contributed by atoms with Crippen LogP contribution in [0.25, 0.3) is 22.3 Å². The molecule has 1 unspecified atom stereocenters. The van der Waals surface area contributed by atoms with Crippen LogP contribution in [0.1, 0.15) is 20.8 Å². The van der Waals surface area contributed by atoms with Crippen molar-refractivity contribution in [3.63, 3.8) is 0 Å². The number of esters is 2. The molecule has 0 bridgehead atoms. The topological polar surface area (TPSA) is 82.1 Å². The predicted molar refractivity (Wildman–Crippen MR) is 140 cm³/mol. The molecule has 0 fully saturated rings. The van der Waals surface area contributed by atoms with Crippen molar-refractivity contribution in [1.82, 2.24) is 0 Å². The summed E-state index contributed by atoms with van der Waals surface area (Å²) >= 11 is 0. The maximum absolute atomic E-state index is 15.2. The molecule has 0 aliphatic heterocycles. The van der Waals surface area contributed by atoms with Crippen LogP contribution in [0, 0.1) is 5.82 Å². The van der Waals surface area contributed by atoms with Gasteiger partial charge in [-0.3, -0.25) is 0 Å². The second kappa shape index (κ2) is 11.5. The van der Waals surface area contributed by atoms with Crippen LogP contribution in [-0.2, 0) is 9.59 Å². The van der Waals surface area contributed by atoms with E-state index in [9.17, 15) is 14.7 Å². The summed E-state index contributed by atoms with van der Waals surface area (Å²) in [5, 5.41) is 9.90. The van der Waals surface area contributed by atoms with E-state index >= 15 is 4.39 Å². The number of hydrogen-bond donors (Lipinski definition) is 1. The van der Waals surface area contributed by atoms with Crippen LogP contribution in [0.5, 0.6) is 17.2 Å². The summed E-state index contributed by atoms with van der Waals surface area (Å²) in [4.78, 5) is 24.2. The van der Waals surface area contributed by atoms with Crippen LogP contribution >= 0.6 is 0 Å². The zero-order chi connectivity index (χ0) is 27.3. The Labute approximate surface area is 214 Å². The lowest BCUT2D eigenvalue weighted by atomic mass is 9.99. The van der Waals surface area contributed by atoms with E-state index in [1.807, 2.05) is 0 Å². The lowest BCUT2D eigenvalue weighted by molar-refractivity contribution is -0.132. The van der Waals surface area contributed by atoms with E-state index < -0.39 is 24.0 Å². The van der Waals surface area contributed by atoms with Crippen LogP contribution < -0.4 is 14.2 Å². The second-order valence-corrected chi connectivity index (χ2v) is 8.54. The first-order chi connectivity index (χ1) is 17.5. The predicted octanol–water partition coefficient (Wildman–Crippen LogP) is 6.40. The molecule has 0 saturated heterocycles. The molecule has 3 rings (SSSR count). The molecule has 0 radical (unpaired) electrons. The van der Waals surface area contributed by atoms with Crippen molar-refractivity contribution in [1.29, 1.82) is 0 Å². The molecule has 0 aliphatic carbocycles. The highest BCUT2D eigenvalue weighted by Crippen LogP contribution is 2.36. The minimum Gasteiger partial charge on any atom is -0.461 e. The molecule has 0 saturated carbocycles. The standard InChI is InChI=1S/C30H27FO6/c1-17(2)28(32)35-23-9-7-8-22(14-23)24-12-10-20(15-25(24)31)21-11-13-26(36-29(33)18(3)4)27(16-21)37-30(34)19(5)6/h7-16,28,32H,1,3,5H2,2,4,6H3. The van der Waals surface area contributed by atoms with Crippen molar-refractivity contribution >= 4 is 11.9 Å². The first-order valence-electron chi connectivity index (χ1n) is 11.3. The van der Waals surface area contributed by atoms with Crippen molar-refractivity contribution in [3.05, 3.63) is 103 Å². The van der Waals surface area contributed by atoms with Gasteiger partial charge in [-0.2, -0.15) is 0 Å². The molecule has 0 aliphatic rings. The molecule has 0 aromatic heterocycles. The van der Waals surface area contributed by atoms with Gasteiger partial charge in [-0.15, -0.1) is 0 Å². The number of aliphatic hydroxyl groups is 1. The van der Waals surface area contributed by atoms with Crippen molar-refractivity contribution < 1.29 is 33.3 Å². The fourth-order valence-electron chi connectivity index (χ4n) is 3.12. The normalized spacial score (nSPS) is 11.3. The number of rotatable bonds is 9. The van der Waals surface area contributed by atoms with Gasteiger partial charge < -0.3 is 19.3 Å². The number of halogens is 1. The SMILES string of the molecule is C=C(C)C(=O)Oc1ccc(-c2ccc(-c3cccc(OC(O)C(=C)C)c3)c(F)c2)cc1OC(=O)C(=C)C. The molecule has 7 heteroatoms. The van der Waals surface area contributed by atoms with Crippen molar-refractivity contribution in [2.24, 2.45) is 0 Å². The molecule has 1 N–H and O–H groups in total. The third-order valence-electron chi connectivity index (χ3n) is 5.16. The van der Waals surface area contributed by atoms with Gasteiger partial charge in [0.1, 0.15) is 11.6 Å². The zero-order valence-electron chi connectivity index (χ0n) is 20.8. The Hall–Kier alpha value is -4.49. The van der Waals surface area contributed by atoms with Gasteiger partial charge in [0.15, 0.2) is 11.5 Å². The van der Waals surface area contributed by atoms with Crippen LogP contribution in [0.4, 0.5) is 4.39 Å². The van der Waals surface area contributed by atoms with Gasteiger partial charge in [0.2, 0.25) is 6.29 Å². The Morgan fingerprint density at radius 3 is 1.97 bits per heavy atom. The summed E-state index contributed by atoms with van der Waals surface area (Å²) < 4.78 is 31.3. The highest BCUT2D eigenvalue weighted by Gasteiger charge is 2.17. The van der Waals surface area contributed by atoms with Gasteiger partial charge in [0.05, 0.1) is 0 Å². The van der Waals surface area contributed by atoms with Crippen molar-refractivity contribution in [2.45, 2.75) is 27.1 Å². The van der Waals surface area contributed by atoms with Crippen LogP contribution in [-0.4, -0.2) is 23.3 Å². The number of ether oxygens (including phenoxy) is 3. The summed E-state index contributed by atoms with van der Waals surface area (Å²) in [7, 11) is 0. The number of carbonyl (C=O) groups excluding carboxylic acids is 2. The molecule has 0 amide bonds. The number of carbonyl (C=O) groups is 2. The Balaban J connectivity index is 1.95. The fourth-order valence-corrected chi connectivity index (χ4v) is 3.12. The highest BCUT2D eigenvalue weighted by atomic mass is 19.1. The van der Waals surface area contributed by atoms with E-state index in [0.717, 1.165) is 0 Å². The first kappa shape index (κ1) is 27.1. The van der Waals surface area contributed by atoms with Gasteiger partial charge in [0.25, 0.3) is 0 Å². The lowest BCUT2D eigenvalue weighted by Gasteiger charge is -2.15. The maximum atomic E-state index is 15.2. The van der Waals surface area contributed by atoms with Gasteiger partial charge in [-0.25, -0.2) is 14.0 Å². The number of aliphatic hydroxyl groups excluding tert-OH is 1. The van der Waals surface area contributed by atoms with E-state index in [-0.39, 0.29) is 22.6 Å². The average Bonchev–Trinajstić information content (AvgIpc) is 2.84. The van der Waals surface area contributed by atoms with Gasteiger partial charge in [0, 0.05) is 16.7 Å². The number of hydrogen-bond acceptors (Lipinski definition) is 6. The van der Waals surface area contributed by atoms with Crippen molar-refractivity contribution in [2.75, 3.05) is 0 Å². The average molecular weight is 503 g/mol. The molecular weight excluding hydrogens is 475 g/mol. The minimum absolute atomic E-state index is 0.0113. The second-order valence-electron chi connectivity index (χ2n) is 8.54. The monoisotopic (exact) mass is 502 g/mol. The van der Waals surface area contributed by atoms with Crippen LogP contribution in [0.2, 0.25) is 0 Å². The van der Waals surface area contributed by atoms with Gasteiger partial charge >= 0.3 is 11.9 Å². The van der Waals surface area contributed by atoms with Crippen molar-refractivity contribution in [3.8, 4) is 39.5 Å². The Kier molecular flexibility index (Phi) is 8.42. The maximum Gasteiger partial charge on any atom is 0.338 e. The van der Waals surface area contributed by atoms with Crippen LogP contribution in [0.3, 0.4) is 0 Å². The van der Waals surface area contributed by atoms with E-state index in [1.54, 1.807) is 49.4 Å². The Morgan fingerprint density at radius 2 is 1.38 bits per heavy atom. The first-order valence-corrected chi connectivity index (χ1v) is 11.3. The quantitative estimate of drug-likeness (QED) is 0.120. The molecule has 1 atom stereocenters. The lowest BCUT2D eigenvalue weighted by Crippen LogP contribution is -2.15. The molecule has 3 aromatic rings. The Morgan fingerprint density at radius 1 is 0.784 bits per heavy atom. The van der Waals surface area contributed by atoms with Gasteiger partial charge in [-0.1, -0.05) is 50.1 Å².